The van der Waals surface area contributed by atoms with Crippen molar-refractivity contribution in [3.05, 3.63) is 57.9 Å². The van der Waals surface area contributed by atoms with Crippen molar-refractivity contribution in [1.29, 1.82) is 0 Å². The van der Waals surface area contributed by atoms with Crippen LogP contribution in [0.3, 0.4) is 0 Å². The predicted molar refractivity (Wildman–Crippen MR) is 150 cm³/mol. The standard InChI is InChI=1S/C28H34N4O5S/c1-3-31(4-2)9-5-8-29-28(38)32(16-19-6-7-23-24(12-19)37-18-36-23)17-21-13-20-14-25-26(35-11-10-34-25)15-22(20)30-27(21)33/h6-7,12-15H,3-5,8-11,16-18H2,1-2H3,(H,29,38)(H,30,33). The van der Waals surface area contributed by atoms with Gasteiger partial charge in [0.15, 0.2) is 28.1 Å². The summed E-state index contributed by atoms with van der Waals surface area (Å²) in [4.78, 5) is 20.5. The molecular formula is C28H34N4O5S. The van der Waals surface area contributed by atoms with Gasteiger partial charge in [0.25, 0.3) is 5.56 Å². The number of aromatic nitrogens is 1. The number of benzene rings is 2. The minimum absolute atomic E-state index is 0.158. The molecule has 0 unspecified atom stereocenters. The van der Waals surface area contributed by atoms with E-state index in [9.17, 15) is 4.79 Å². The van der Waals surface area contributed by atoms with Crippen LogP contribution in [0.2, 0.25) is 0 Å². The number of thiocarbonyl (C=S) groups is 1. The quantitative estimate of drug-likeness (QED) is 0.297. The summed E-state index contributed by atoms with van der Waals surface area (Å²) in [7, 11) is 0. The van der Waals surface area contributed by atoms with E-state index in [-0.39, 0.29) is 12.4 Å². The van der Waals surface area contributed by atoms with Gasteiger partial charge in [0, 0.05) is 30.1 Å². The summed E-state index contributed by atoms with van der Waals surface area (Å²) < 4.78 is 22.4. The number of aromatic amines is 1. The van der Waals surface area contributed by atoms with Crippen molar-refractivity contribution in [2.45, 2.75) is 33.4 Å². The largest absolute Gasteiger partial charge is 0.486 e. The van der Waals surface area contributed by atoms with E-state index in [2.05, 4.69) is 29.0 Å². The molecule has 0 amide bonds. The molecule has 2 aromatic carbocycles. The first-order chi connectivity index (χ1) is 18.5. The van der Waals surface area contributed by atoms with E-state index in [0.29, 0.717) is 54.0 Å². The zero-order chi connectivity index (χ0) is 26.5. The monoisotopic (exact) mass is 538 g/mol. The van der Waals surface area contributed by atoms with Crippen LogP contribution in [0.25, 0.3) is 10.9 Å². The molecular weight excluding hydrogens is 504 g/mol. The fourth-order valence-corrected chi connectivity index (χ4v) is 4.95. The smallest absolute Gasteiger partial charge is 0.253 e. The van der Waals surface area contributed by atoms with Crippen LogP contribution in [0, 0.1) is 0 Å². The lowest BCUT2D eigenvalue weighted by atomic mass is 10.1. The fourth-order valence-electron chi connectivity index (χ4n) is 4.72. The second kappa shape index (κ2) is 11.9. The molecule has 0 spiro atoms. The van der Waals surface area contributed by atoms with E-state index in [1.165, 1.54) is 0 Å². The summed E-state index contributed by atoms with van der Waals surface area (Å²) in [5.74, 6) is 2.78. The first-order valence-corrected chi connectivity index (χ1v) is 13.5. The topological polar surface area (TPSA) is 88.3 Å². The number of rotatable bonds is 10. The van der Waals surface area contributed by atoms with Crippen LogP contribution in [0.15, 0.2) is 41.2 Å². The third kappa shape index (κ3) is 5.97. The molecule has 0 atom stereocenters. The number of ether oxygens (including phenoxy) is 4. The number of hydrogen-bond acceptors (Lipinski definition) is 7. The third-order valence-electron chi connectivity index (χ3n) is 6.86. The number of nitrogens with one attached hydrogen (secondary N) is 2. The Morgan fingerprint density at radius 3 is 2.47 bits per heavy atom. The Hall–Kier alpha value is -3.50. The molecule has 0 saturated heterocycles. The molecule has 10 heteroatoms. The zero-order valence-electron chi connectivity index (χ0n) is 21.9. The van der Waals surface area contributed by atoms with Gasteiger partial charge in [-0.25, -0.2) is 0 Å². The zero-order valence-corrected chi connectivity index (χ0v) is 22.7. The lowest BCUT2D eigenvalue weighted by molar-refractivity contribution is 0.172. The Morgan fingerprint density at radius 2 is 1.68 bits per heavy atom. The van der Waals surface area contributed by atoms with Gasteiger partial charge in [-0.05, 0) is 68.1 Å². The van der Waals surface area contributed by atoms with Crippen molar-refractivity contribution in [2.75, 3.05) is 46.2 Å². The predicted octanol–water partition coefficient (Wildman–Crippen LogP) is 3.64. The molecule has 2 aliphatic heterocycles. The van der Waals surface area contributed by atoms with Gasteiger partial charge < -0.3 is 39.0 Å². The van der Waals surface area contributed by atoms with Crippen LogP contribution in [-0.4, -0.2) is 66.1 Å². The van der Waals surface area contributed by atoms with Crippen LogP contribution in [0.4, 0.5) is 0 Å². The maximum Gasteiger partial charge on any atom is 0.253 e. The summed E-state index contributed by atoms with van der Waals surface area (Å²) >= 11 is 5.82. The summed E-state index contributed by atoms with van der Waals surface area (Å²) in [5, 5.41) is 4.88. The average Bonchev–Trinajstić information content (AvgIpc) is 3.40. The molecule has 0 saturated carbocycles. The highest BCUT2D eigenvalue weighted by atomic mass is 32.1. The number of nitrogens with zero attached hydrogens (tertiary/aromatic N) is 2. The Morgan fingerprint density at radius 1 is 0.947 bits per heavy atom. The summed E-state index contributed by atoms with van der Waals surface area (Å²) in [5.41, 5.74) is 2.18. The second-order valence-corrected chi connectivity index (χ2v) is 9.75. The summed E-state index contributed by atoms with van der Waals surface area (Å²) in [6, 6.07) is 11.5. The molecule has 38 heavy (non-hydrogen) atoms. The number of pyridine rings is 1. The third-order valence-corrected chi connectivity index (χ3v) is 7.27. The first-order valence-electron chi connectivity index (χ1n) is 13.1. The van der Waals surface area contributed by atoms with E-state index in [0.717, 1.165) is 55.0 Å². The molecule has 3 heterocycles. The Labute approximate surface area is 227 Å². The van der Waals surface area contributed by atoms with Gasteiger partial charge in [0.1, 0.15) is 13.2 Å². The molecule has 0 bridgehead atoms. The number of fused-ring (bicyclic) bond motifs is 3. The SMILES string of the molecule is CCN(CC)CCCNC(=S)N(Cc1ccc2c(c1)OCO2)Cc1cc2cc3c(cc2[nH]c1=O)OCCO3. The van der Waals surface area contributed by atoms with Gasteiger partial charge in [-0.3, -0.25) is 4.79 Å². The minimum atomic E-state index is -0.158. The van der Waals surface area contributed by atoms with Gasteiger partial charge in [0.05, 0.1) is 12.1 Å². The van der Waals surface area contributed by atoms with Crippen LogP contribution < -0.4 is 29.8 Å². The molecule has 0 fully saturated rings. The highest BCUT2D eigenvalue weighted by molar-refractivity contribution is 7.80. The molecule has 3 aromatic rings. The van der Waals surface area contributed by atoms with Crippen molar-refractivity contribution in [3.8, 4) is 23.0 Å². The van der Waals surface area contributed by atoms with Crippen molar-refractivity contribution in [2.24, 2.45) is 0 Å². The van der Waals surface area contributed by atoms with Crippen molar-refractivity contribution in [1.82, 2.24) is 20.1 Å². The van der Waals surface area contributed by atoms with Gasteiger partial charge >= 0.3 is 0 Å². The van der Waals surface area contributed by atoms with Gasteiger partial charge in [-0.1, -0.05) is 19.9 Å². The normalized spacial score (nSPS) is 13.7. The van der Waals surface area contributed by atoms with Gasteiger partial charge in [0.2, 0.25) is 6.79 Å². The first kappa shape index (κ1) is 26.1. The van der Waals surface area contributed by atoms with Gasteiger partial charge in [-0.2, -0.15) is 0 Å². The van der Waals surface area contributed by atoms with Crippen molar-refractivity contribution < 1.29 is 18.9 Å². The van der Waals surface area contributed by atoms with Gasteiger partial charge in [-0.15, -0.1) is 0 Å². The van der Waals surface area contributed by atoms with Crippen LogP contribution in [-0.2, 0) is 13.1 Å². The highest BCUT2D eigenvalue weighted by Gasteiger charge is 2.19. The van der Waals surface area contributed by atoms with Crippen LogP contribution in [0.1, 0.15) is 31.4 Å². The summed E-state index contributed by atoms with van der Waals surface area (Å²) in [6.45, 7) is 10.2. The van der Waals surface area contributed by atoms with E-state index in [4.69, 9.17) is 31.2 Å². The second-order valence-electron chi connectivity index (χ2n) is 9.36. The van der Waals surface area contributed by atoms with Crippen LogP contribution >= 0.6 is 12.2 Å². The minimum Gasteiger partial charge on any atom is -0.486 e. The van der Waals surface area contributed by atoms with E-state index < -0.39 is 0 Å². The van der Waals surface area contributed by atoms with E-state index in [1.807, 2.05) is 41.3 Å². The van der Waals surface area contributed by atoms with Crippen molar-refractivity contribution >= 4 is 28.2 Å². The van der Waals surface area contributed by atoms with E-state index >= 15 is 0 Å². The number of hydrogen-bond donors (Lipinski definition) is 2. The van der Waals surface area contributed by atoms with E-state index in [1.54, 1.807) is 0 Å². The molecule has 2 aliphatic rings. The molecule has 0 aliphatic carbocycles. The molecule has 5 rings (SSSR count). The lowest BCUT2D eigenvalue weighted by Crippen LogP contribution is -2.41. The summed E-state index contributed by atoms with van der Waals surface area (Å²) in [6.07, 6.45) is 0.976. The molecule has 202 valence electrons. The molecule has 1 aromatic heterocycles. The highest BCUT2D eigenvalue weighted by Crippen LogP contribution is 2.34. The fraction of sp³-hybridized carbons (Fsp3) is 0.429. The Balaban J connectivity index is 1.36. The average molecular weight is 539 g/mol. The molecule has 2 N–H and O–H groups in total. The maximum absolute atomic E-state index is 13.1. The molecule has 0 radical (unpaired) electrons. The lowest BCUT2D eigenvalue weighted by Gasteiger charge is -2.27. The Kier molecular flexibility index (Phi) is 8.19. The van der Waals surface area contributed by atoms with Crippen molar-refractivity contribution in [3.63, 3.8) is 0 Å². The molecule has 9 nitrogen and oxygen atoms in total. The maximum atomic E-state index is 13.1. The number of H-pyrrole nitrogens is 1. The van der Waals surface area contributed by atoms with Crippen LogP contribution in [0.5, 0.6) is 23.0 Å². The Bertz CT molecular complexity index is 1360.